The molecule has 2 bridgehead atoms. The van der Waals surface area contributed by atoms with E-state index in [0.29, 0.717) is 6.42 Å². The Morgan fingerprint density at radius 1 is 1.12 bits per heavy atom. The highest BCUT2D eigenvalue weighted by atomic mass is 16.6. The maximum Gasteiger partial charge on any atom is 0.317 e. The fourth-order valence-electron chi connectivity index (χ4n) is 6.65. The van der Waals surface area contributed by atoms with Gasteiger partial charge in [-0.25, -0.2) is 0 Å². The molecule has 1 aromatic rings. The maximum absolute atomic E-state index is 13.3. The van der Waals surface area contributed by atoms with Crippen molar-refractivity contribution < 1.29 is 23.5 Å². The van der Waals surface area contributed by atoms with Gasteiger partial charge in [-0.2, -0.15) is 0 Å². The Labute approximate surface area is 147 Å². The van der Waals surface area contributed by atoms with Gasteiger partial charge >= 0.3 is 11.9 Å². The lowest BCUT2D eigenvalue weighted by atomic mass is 9.46. The Morgan fingerprint density at radius 2 is 1.92 bits per heavy atom. The van der Waals surface area contributed by atoms with Crippen LogP contribution in [0.15, 0.2) is 23.0 Å². The number of hydrogen-bond acceptors (Lipinski definition) is 5. The molecule has 1 spiro atoms. The third kappa shape index (κ3) is 1.38. The van der Waals surface area contributed by atoms with Gasteiger partial charge in [0.2, 0.25) is 0 Å². The molecule has 0 amide bonds. The van der Waals surface area contributed by atoms with E-state index in [1.807, 2.05) is 13.0 Å². The standard InChI is InChI=1S/C20H24O5/c1-12-4-6-18(3)17(2)7-8-20(18,25-15(17)21)19(12)10-14(24-16(19)22)13-5-9-23-11-13/h5,9,11-12,14H,4,6-8,10H2,1-3H3/t12-,14+,17+,18-,19+,20+/m1/s1. The van der Waals surface area contributed by atoms with Crippen LogP contribution in [0.1, 0.15) is 64.5 Å². The molecule has 0 radical (unpaired) electrons. The predicted octanol–water partition coefficient (Wildman–Crippen LogP) is 3.79. The Bertz CT molecular complexity index is 769. The molecule has 3 heterocycles. The average molecular weight is 344 g/mol. The summed E-state index contributed by atoms with van der Waals surface area (Å²) >= 11 is 0. The first-order valence-electron chi connectivity index (χ1n) is 9.27. The van der Waals surface area contributed by atoms with Gasteiger partial charge in [0.05, 0.1) is 17.9 Å². The van der Waals surface area contributed by atoms with Crippen molar-refractivity contribution in [2.24, 2.45) is 22.2 Å². The number of furan rings is 1. The molecule has 0 aromatic carbocycles. The summed E-state index contributed by atoms with van der Waals surface area (Å²) in [5.41, 5.74) is -1.42. The van der Waals surface area contributed by atoms with Crippen LogP contribution in [0.25, 0.3) is 0 Å². The zero-order valence-electron chi connectivity index (χ0n) is 15.0. The van der Waals surface area contributed by atoms with Crippen molar-refractivity contribution >= 4 is 11.9 Å². The average Bonchev–Trinajstić information content (AvgIpc) is 3.29. The highest BCUT2D eigenvalue weighted by molar-refractivity contribution is 5.88. The van der Waals surface area contributed by atoms with Gasteiger partial charge in [0.25, 0.3) is 0 Å². The Hall–Kier alpha value is -1.78. The lowest BCUT2D eigenvalue weighted by molar-refractivity contribution is -0.205. The van der Waals surface area contributed by atoms with E-state index in [1.54, 1.807) is 12.5 Å². The first-order chi connectivity index (χ1) is 11.8. The molecule has 0 unspecified atom stereocenters. The van der Waals surface area contributed by atoms with Gasteiger partial charge in [0.15, 0.2) is 0 Å². The second kappa shape index (κ2) is 4.30. The Morgan fingerprint density at radius 3 is 2.60 bits per heavy atom. The van der Waals surface area contributed by atoms with Gasteiger partial charge in [0.1, 0.15) is 17.1 Å². The van der Waals surface area contributed by atoms with E-state index in [9.17, 15) is 9.59 Å². The van der Waals surface area contributed by atoms with Gasteiger partial charge in [-0.3, -0.25) is 9.59 Å². The van der Waals surface area contributed by atoms with Crippen LogP contribution in [0.4, 0.5) is 0 Å². The molecule has 1 aromatic heterocycles. The molecule has 134 valence electrons. The maximum atomic E-state index is 13.3. The Kier molecular flexibility index (Phi) is 2.66. The number of cyclic esters (lactones) is 1. The van der Waals surface area contributed by atoms with Crippen LogP contribution in [0.5, 0.6) is 0 Å². The highest BCUT2D eigenvalue weighted by Gasteiger charge is 2.85. The number of ether oxygens (including phenoxy) is 2. The van der Waals surface area contributed by atoms with Gasteiger partial charge in [-0.15, -0.1) is 0 Å². The zero-order chi connectivity index (χ0) is 17.7. The fourth-order valence-corrected chi connectivity index (χ4v) is 6.65. The van der Waals surface area contributed by atoms with Crippen molar-refractivity contribution in [3.05, 3.63) is 24.2 Å². The fraction of sp³-hybridized carbons (Fsp3) is 0.700. The molecular formula is C20H24O5. The SMILES string of the molecule is C[C@@H]1CC[C@@]2(C)[C@@]3(CC[C@@]2(C)C(=O)O3)[C@@]12C[C@@H](c1ccoc1)OC2=O. The smallest absolute Gasteiger partial charge is 0.317 e. The third-order valence-electron chi connectivity index (χ3n) is 8.48. The summed E-state index contributed by atoms with van der Waals surface area (Å²) in [6, 6.07) is 1.85. The van der Waals surface area contributed by atoms with Crippen LogP contribution in [0, 0.1) is 22.2 Å². The van der Waals surface area contributed by atoms with Crippen LogP contribution < -0.4 is 0 Å². The molecule has 0 N–H and O–H groups in total. The topological polar surface area (TPSA) is 65.7 Å². The van der Waals surface area contributed by atoms with Gasteiger partial charge in [0, 0.05) is 17.4 Å². The van der Waals surface area contributed by atoms with Crippen molar-refractivity contribution in [1.82, 2.24) is 0 Å². The summed E-state index contributed by atoms with van der Waals surface area (Å²) in [4.78, 5) is 26.1. The summed E-state index contributed by atoms with van der Waals surface area (Å²) in [7, 11) is 0. The summed E-state index contributed by atoms with van der Waals surface area (Å²) in [6.07, 6.45) is 6.86. The van der Waals surface area contributed by atoms with E-state index in [4.69, 9.17) is 13.9 Å². The minimum Gasteiger partial charge on any atom is -0.472 e. The number of rotatable bonds is 1. The Balaban J connectivity index is 1.68. The molecule has 2 saturated heterocycles. The normalized spacial score (nSPS) is 50.8. The number of carbonyl (C=O) groups excluding carboxylic acids is 2. The third-order valence-corrected chi connectivity index (χ3v) is 8.48. The molecule has 4 fully saturated rings. The molecule has 6 atom stereocenters. The number of hydrogen-bond donors (Lipinski definition) is 0. The summed E-state index contributed by atoms with van der Waals surface area (Å²) in [5, 5.41) is 0. The lowest BCUT2D eigenvalue weighted by Crippen LogP contribution is -2.63. The van der Waals surface area contributed by atoms with Gasteiger partial charge in [-0.05, 0) is 44.6 Å². The molecule has 5 nitrogen and oxygen atoms in total. The molecule has 25 heavy (non-hydrogen) atoms. The molecule has 2 aliphatic heterocycles. The summed E-state index contributed by atoms with van der Waals surface area (Å²) in [5.74, 6) is -0.205. The van der Waals surface area contributed by atoms with Crippen molar-refractivity contribution in [1.29, 1.82) is 0 Å². The van der Waals surface area contributed by atoms with Gasteiger partial charge < -0.3 is 13.9 Å². The first kappa shape index (κ1) is 15.5. The van der Waals surface area contributed by atoms with Crippen LogP contribution in [0.2, 0.25) is 0 Å². The zero-order valence-corrected chi connectivity index (χ0v) is 15.0. The first-order valence-corrected chi connectivity index (χ1v) is 9.27. The second-order valence-electron chi connectivity index (χ2n) is 8.95. The van der Waals surface area contributed by atoms with Crippen molar-refractivity contribution in [2.45, 2.75) is 64.6 Å². The second-order valence-corrected chi connectivity index (χ2v) is 8.95. The van der Waals surface area contributed by atoms with E-state index < -0.39 is 16.4 Å². The van der Waals surface area contributed by atoms with E-state index >= 15 is 0 Å². The minimum absolute atomic E-state index is 0.123. The molecule has 5 heteroatoms. The molecule has 2 saturated carbocycles. The van der Waals surface area contributed by atoms with Crippen LogP contribution in [-0.4, -0.2) is 17.5 Å². The molecular weight excluding hydrogens is 320 g/mol. The van der Waals surface area contributed by atoms with E-state index in [-0.39, 0.29) is 29.4 Å². The highest BCUT2D eigenvalue weighted by Crippen LogP contribution is 2.78. The van der Waals surface area contributed by atoms with E-state index in [2.05, 4.69) is 13.8 Å². The largest absolute Gasteiger partial charge is 0.472 e. The van der Waals surface area contributed by atoms with Crippen molar-refractivity contribution in [3.8, 4) is 0 Å². The summed E-state index contributed by atoms with van der Waals surface area (Å²) < 4.78 is 17.2. The monoisotopic (exact) mass is 344 g/mol. The minimum atomic E-state index is -0.758. The van der Waals surface area contributed by atoms with Crippen LogP contribution >= 0.6 is 0 Å². The molecule has 2 aliphatic carbocycles. The molecule has 5 rings (SSSR count). The van der Waals surface area contributed by atoms with E-state index in [1.165, 1.54) is 0 Å². The summed E-state index contributed by atoms with van der Waals surface area (Å²) in [6.45, 7) is 6.31. The molecule has 4 aliphatic rings. The quantitative estimate of drug-likeness (QED) is 0.725. The number of carbonyl (C=O) groups is 2. The van der Waals surface area contributed by atoms with Crippen LogP contribution in [0.3, 0.4) is 0 Å². The number of esters is 2. The van der Waals surface area contributed by atoms with Crippen molar-refractivity contribution in [2.75, 3.05) is 0 Å². The lowest BCUT2D eigenvalue weighted by Gasteiger charge is -2.55. The van der Waals surface area contributed by atoms with Crippen molar-refractivity contribution in [3.63, 3.8) is 0 Å². The predicted molar refractivity (Wildman–Crippen MR) is 87.3 cm³/mol. The van der Waals surface area contributed by atoms with Crippen LogP contribution in [-0.2, 0) is 19.1 Å². The van der Waals surface area contributed by atoms with E-state index in [0.717, 1.165) is 31.2 Å². The van der Waals surface area contributed by atoms with Gasteiger partial charge in [-0.1, -0.05) is 13.8 Å².